The summed E-state index contributed by atoms with van der Waals surface area (Å²) in [6.07, 6.45) is 2.87. The van der Waals surface area contributed by atoms with E-state index in [1.54, 1.807) is 11.3 Å². The Morgan fingerprint density at radius 1 is 1.29 bits per heavy atom. The smallest absolute Gasteiger partial charge is 0.0422 e. The van der Waals surface area contributed by atoms with Crippen LogP contribution in [0, 0.1) is 13.8 Å². The van der Waals surface area contributed by atoms with Crippen molar-refractivity contribution in [2.75, 3.05) is 7.05 Å². The Hall–Kier alpha value is -1.19. The minimum absolute atomic E-state index is 0.358. The van der Waals surface area contributed by atoms with Gasteiger partial charge in [0.2, 0.25) is 0 Å². The zero-order valence-corrected chi connectivity index (χ0v) is 11.3. The van der Waals surface area contributed by atoms with Crippen LogP contribution < -0.4 is 5.32 Å². The Labute approximate surface area is 107 Å². The molecule has 90 valence electrons. The highest BCUT2D eigenvalue weighted by molar-refractivity contribution is 7.08. The van der Waals surface area contributed by atoms with Crippen LogP contribution in [-0.4, -0.2) is 12.0 Å². The van der Waals surface area contributed by atoms with Gasteiger partial charge in [-0.25, -0.2) is 0 Å². The van der Waals surface area contributed by atoms with Gasteiger partial charge in [0.05, 0.1) is 0 Å². The second kappa shape index (κ2) is 5.43. The molecule has 0 fully saturated rings. The lowest BCUT2D eigenvalue weighted by Gasteiger charge is -2.16. The Morgan fingerprint density at radius 3 is 2.65 bits per heavy atom. The highest BCUT2D eigenvalue weighted by atomic mass is 32.1. The van der Waals surface area contributed by atoms with E-state index < -0.39 is 0 Å². The Morgan fingerprint density at radius 2 is 2.12 bits per heavy atom. The molecule has 0 aromatic carbocycles. The van der Waals surface area contributed by atoms with Crippen LogP contribution in [0.5, 0.6) is 0 Å². The van der Waals surface area contributed by atoms with E-state index in [-0.39, 0.29) is 0 Å². The number of aryl methyl sites for hydroxylation is 2. The monoisotopic (exact) mass is 246 g/mol. The van der Waals surface area contributed by atoms with E-state index >= 15 is 0 Å². The first-order valence-electron chi connectivity index (χ1n) is 5.82. The van der Waals surface area contributed by atoms with E-state index in [0.29, 0.717) is 6.04 Å². The molecule has 2 aromatic rings. The summed E-state index contributed by atoms with van der Waals surface area (Å²) in [4.78, 5) is 4.47. The van der Waals surface area contributed by atoms with E-state index in [4.69, 9.17) is 0 Å². The maximum absolute atomic E-state index is 4.47. The molecule has 0 bridgehead atoms. The SMILES string of the molecule is CNC(Cc1ccc(C)cn1)c1cscc1C. The van der Waals surface area contributed by atoms with Crippen molar-refractivity contribution < 1.29 is 0 Å². The van der Waals surface area contributed by atoms with Crippen LogP contribution in [0.1, 0.15) is 28.4 Å². The van der Waals surface area contributed by atoms with Crippen LogP contribution in [-0.2, 0) is 6.42 Å². The summed E-state index contributed by atoms with van der Waals surface area (Å²) in [5.74, 6) is 0. The van der Waals surface area contributed by atoms with Gasteiger partial charge in [-0.2, -0.15) is 11.3 Å². The number of nitrogens with zero attached hydrogens (tertiary/aromatic N) is 1. The number of rotatable bonds is 4. The summed E-state index contributed by atoms with van der Waals surface area (Å²) in [7, 11) is 2.01. The maximum atomic E-state index is 4.47. The third-order valence-electron chi connectivity index (χ3n) is 3.00. The van der Waals surface area contributed by atoms with Crippen molar-refractivity contribution in [2.24, 2.45) is 0 Å². The molecule has 2 heterocycles. The van der Waals surface area contributed by atoms with E-state index in [2.05, 4.69) is 47.0 Å². The number of aromatic nitrogens is 1. The molecule has 0 amide bonds. The molecule has 0 spiro atoms. The first kappa shape index (κ1) is 12.3. The Kier molecular flexibility index (Phi) is 3.92. The summed E-state index contributed by atoms with van der Waals surface area (Å²) in [6, 6.07) is 4.59. The summed E-state index contributed by atoms with van der Waals surface area (Å²) in [5.41, 5.74) is 5.10. The van der Waals surface area contributed by atoms with Crippen molar-refractivity contribution in [3.63, 3.8) is 0 Å². The van der Waals surface area contributed by atoms with Crippen LogP contribution in [0.2, 0.25) is 0 Å². The average Bonchev–Trinajstić information content (AvgIpc) is 2.75. The maximum Gasteiger partial charge on any atom is 0.0422 e. The second-order valence-electron chi connectivity index (χ2n) is 4.38. The molecule has 0 aliphatic heterocycles. The lowest BCUT2D eigenvalue weighted by molar-refractivity contribution is 0.583. The van der Waals surface area contributed by atoms with Crippen LogP contribution in [0.3, 0.4) is 0 Å². The van der Waals surface area contributed by atoms with Crippen molar-refractivity contribution in [3.05, 3.63) is 51.5 Å². The molecule has 2 rings (SSSR count). The summed E-state index contributed by atoms with van der Waals surface area (Å²) in [5, 5.41) is 7.80. The van der Waals surface area contributed by atoms with Gasteiger partial charge in [-0.15, -0.1) is 0 Å². The van der Waals surface area contributed by atoms with Crippen LogP contribution in [0.25, 0.3) is 0 Å². The van der Waals surface area contributed by atoms with Crippen molar-refractivity contribution in [3.8, 4) is 0 Å². The van der Waals surface area contributed by atoms with E-state index in [0.717, 1.165) is 12.1 Å². The molecular weight excluding hydrogens is 228 g/mol. The predicted molar refractivity (Wildman–Crippen MR) is 73.5 cm³/mol. The van der Waals surface area contributed by atoms with Gasteiger partial charge in [-0.1, -0.05) is 6.07 Å². The van der Waals surface area contributed by atoms with Gasteiger partial charge in [0.1, 0.15) is 0 Å². The van der Waals surface area contributed by atoms with Crippen LogP contribution >= 0.6 is 11.3 Å². The predicted octanol–water partition coefficient (Wildman–Crippen LogP) is 3.26. The third kappa shape index (κ3) is 2.93. The first-order chi connectivity index (χ1) is 8.20. The van der Waals surface area contributed by atoms with Gasteiger partial charge in [-0.3, -0.25) is 4.98 Å². The Balaban J connectivity index is 2.16. The molecule has 1 unspecified atom stereocenters. The normalized spacial score (nSPS) is 12.6. The van der Waals surface area contributed by atoms with Gasteiger partial charge >= 0.3 is 0 Å². The molecule has 17 heavy (non-hydrogen) atoms. The topological polar surface area (TPSA) is 24.9 Å². The number of likely N-dealkylation sites (N-methyl/N-ethyl adjacent to an activating group) is 1. The lowest BCUT2D eigenvalue weighted by Crippen LogP contribution is -2.19. The van der Waals surface area contributed by atoms with Gasteiger partial charge in [-0.05, 0) is 54.4 Å². The summed E-state index contributed by atoms with van der Waals surface area (Å²) in [6.45, 7) is 4.23. The fourth-order valence-electron chi connectivity index (χ4n) is 1.92. The number of hydrogen-bond donors (Lipinski definition) is 1. The molecule has 0 radical (unpaired) electrons. The van der Waals surface area contributed by atoms with Crippen molar-refractivity contribution in [1.82, 2.24) is 10.3 Å². The number of nitrogens with one attached hydrogen (secondary N) is 1. The van der Waals surface area contributed by atoms with E-state index in [1.807, 2.05) is 13.2 Å². The molecule has 3 heteroatoms. The molecule has 0 aliphatic carbocycles. The zero-order valence-electron chi connectivity index (χ0n) is 10.5. The lowest BCUT2D eigenvalue weighted by atomic mass is 10.0. The minimum atomic E-state index is 0.358. The summed E-state index contributed by atoms with van der Waals surface area (Å²) < 4.78 is 0. The van der Waals surface area contributed by atoms with Gasteiger partial charge in [0.25, 0.3) is 0 Å². The highest BCUT2D eigenvalue weighted by Crippen LogP contribution is 2.24. The molecular formula is C14H18N2S. The molecule has 2 nitrogen and oxygen atoms in total. The molecule has 1 atom stereocenters. The van der Waals surface area contributed by atoms with Crippen LogP contribution in [0.15, 0.2) is 29.1 Å². The van der Waals surface area contributed by atoms with Gasteiger partial charge in [0, 0.05) is 24.4 Å². The van der Waals surface area contributed by atoms with E-state index in [1.165, 1.54) is 16.7 Å². The summed E-state index contributed by atoms with van der Waals surface area (Å²) >= 11 is 1.76. The van der Waals surface area contributed by atoms with Crippen molar-refractivity contribution in [1.29, 1.82) is 0 Å². The molecule has 1 N–H and O–H groups in total. The zero-order chi connectivity index (χ0) is 12.3. The molecule has 0 saturated carbocycles. The first-order valence-corrected chi connectivity index (χ1v) is 6.76. The average molecular weight is 246 g/mol. The number of pyridine rings is 1. The van der Waals surface area contributed by atoms with Crippen LogP contribution in [0.4, 0.5) is 0 Å². The Bertz CT molecular complexity index is 473. The molecule has 2 aromatic heterocycles. The largest absolute Gasteiger partial charge is 0.313 e. The quantitative estimate of drug-likeness (QED) is 0.895. The fraction of sp³-hybridized carbons (Fsp3) is 0.357. The highest BCUT2D eigenvalue weighted by Gasteiger charge is 2.13. The van der Waals surface area contributed by atoms with Gasteiger partial charge in [0.15, 0.2) is 0 Å². The minimum Gasteiger partial charge on any atom is -0.313 e. The number of thiophene rings is 1. The number of hydrogen-bond acceptors (Lipinski definition) is 3. The van der Waals surface area contributed by atoms with Gasteiger partial charge < -0.3 is 5.32 Å². The fourth-order valence-corrected chi connectivity index (χ4v) is 2.83. The van der Waals surface area contributed by atoms with E-state index in [9.17, 15) is 0 Å². The third-order valence-corrected chi connectivity index (χ3v) is 3.88. The second-order valence-corrected chi connectivity index (χ2v) is 5.13. The van der Waals surface area contributed by atoms with Crippen molar-refractivity contribution in [2.45, 2.75) is 26.3 Å². The molecule has 0 aliphatic rings. The van der Waals surface area contributed by atoms with Crippen molar-refractivity contribution >= 4 is 11.3 Å². The molecule has 0 saturated heterocycles. The standard InChI is InChI=1S/C14H18N2S/c1-10-4-5-12(16-7-10)6-14(15-3)13-9-17-8-11(13)2/h4-5,7-9,14-15H,6H2,1-3H3.